The summed E-state index contributed by atoms with van der Waals surface area (Å²) in [4.78, 5) is 12.4. The molecule has 0 spiro atoms. The van der Waals surface area contributed by atoms with Gasteiger partial charge in [0.1, 0.15) is 5.69 Å². The van der Waals surface area contributed by atoms with Crippen molar-refractivity contribution in [1.82, 2.24) is 15.2 Å². The van der Waals surface area contributed by atoms with Gasteiger partial charge in [0.2, 0.25) is 0 Å². The lowest BCUT2D eigenvalue weighted by molar-refractivity contribution is 0.0919. The van der Waals surface area contributed by atoms with Gasteiger partial charge in [0.05, 0.1) is 5.02 Å². The molecule has 3 rings (SSSR count). The van der Waals surface area contributed by atoms with Crippen molar-refractivity contribution in [2.24, 2.45) is 5.41 Å². The zero-order chi connectivity index (χ0) is 15.0. The summed E-state index contributed by atoms with van der Waals surface area (Å²) in [5.41, 5.74) is 0.915. The molecule has 2 aliphatic rings. The highest BCUT2D eigenvalue weighted by atomic mass is 35.5. The van der Waals surface area contributed by atoms with Crippen LogP contribution in [-0.4, -0.2) is 29.6 Å². The summed E-state index contributed by atoms with van der Waals surface area (Å²) in [6.45, 7) is 6.23. The molecular weight excluding hydrogens is 286 g/mol. The molecule has 0 radical (unpaired) electrons. The van der Waals surface area contributed by atoms with Crippen molar-refractivity contribution in [2.45, 2.75) is 51.6 Å². The molecule has 1 saturated heterocycles. The number of carbonyl (C=O) groups is 1. The summed E-state index contributed by atoms with van der Waals surface area (Å²) in [7, 11) is 0. The summed E-state index contributed by atoms with van der Waals surface area (Å²) >= 11 is 6.06. The van der Waals surface area contributed by atoms with E-state index in [-0.39, 0.29) is 11.3 Å². The largest absolute Gasteiger partial charge is 0.349 e. The number of aromatic nitrogens is 1. The van der Waals surface area contributed by atoms with Gasteiger partial charge >= 0.3 is 0 Å². The van der Waals surface area contributed by atoms with Gasteiger partial charge in [0.15, 0.2) is 0 Å². The first-order chi connectivity index (χ1) is 9.97. The van der Waals surface area contributed by atoms with E-state index in [2.05, 4.69) is 24.5 Å². The lowest BCUT2D eigenvalue weighted by atomic mass is 9.77. The molecule has 1 unspecified atom stereocenters. The molecule has 1 aliphatic heterocycles. The van der Waals surface area contributed by atoms with Crippen molar-refractivity contribution in [3.05, 3.63) is 23.0 Å². The quantitative estimate of drug-likeness (QED) is 0.898. The Kier molecular flexibility index (Phi) is 4.02. The Morgan fingerprint density at radius 2 is 2.29 bits per heavy atom. The van der Waals surface area contributed by atoms with E-state index in [9.17, 15) is 4.79 Å². The zero-order valence-corrected chi connectivity index (χ0v) is 13.5. The Bertz CT molecular complexity index is 534. The molecule has 1 aromatic rings. The molecule has 0 bridgehead atoms. The van der Waals surface area contributed by atoms with Crippen LogP contribution in [0.5, 0.6) is 0 Å². The maximum atomic E-state index is 12.4. The topological polar surface area (TPSA) is 46.1 Å². The van der Waals surface area contributed by atoms with E-state index in [1.165, 1.54) is 12.8 Å². The molecule has 1 amide bonds. The number of halogens is 1. The van der Waals surface area contributed by atoms with Gasteiger partial charge in [-0.25, -0.2) is 0 Å². The summed E-state index contributed by atoms with van der Waals surface area (Å²) < 4.78 is 2.02. The first-order valence-corrected chi connectivity index (χ1v) is 8.24. The van der Waals surface area contributed by atoms with E-state index in [1.54, 1.807) is 6.07 Å². The van der Waals surface area contributed by atoms with E-state index in [4.69, 9.17) is 11.6 Å². The normalized spacial score (nSPS) is 24.8. The third-order valence-electron chi connectivity index (χ3n) is 4.79. The highest BCUT2D eigenvalue weighted by Crippen LogP contribution is 2.37. The van der Waals surface area contributed by atoms with Crippen molar-refractivity contribution < 1.29 is 4.79 Å². The average molecular weight is 310 g/mol. The van der Waals surface area contributed by atoms with Crippen LogP contribution in [0.4, 0.5) is 0 Å². The van der Waals surface area contributed by atoms with E-state index < -0.39 is 0 Å². The molecule has 2 N–H and O–H groups in total. The van der Waals surface area contributed by atoms with Gasteiger partial charge in [-0.1, -0.05) is 25.4 Å². The van der Waals surface area contributed by atoms with Crippen molar-refractivity contribution in [3.63, 3.8) is 0 Å². The number of carbonyl (C=O) groups excluding carboxylic acids is 1. The standard InChI is InChI=1S/C16H24ClN3O/c1-16(2)6-3-7-18-14(16)9-19-15(21)13-8-11(17)10-20(13)12-4-5-12/h8,10,12,14,18H,3-7,9H2,1-2H3,(H,19,21). The Morgan fingerprint density at radius 3 is 2.95 bits per heavy atom. The average Bonchev–Trinajstić information content (AvgIpc) is 3.19. The molecule has 2 fully saturated rings. The molecule has 0 aromatic carbocycles. The number of nitrogens with one attached hydrogen (secondary N) is 2. The predicted molar refractivity (Wildman–Crippen MR) is 84.9 cm³/mol. The molecular formula is C16H24ClN3O. The SMILES string of the molecule is CC1(C)CCCNC1CNC(=O)c1cc(Cl)cn1C1CC1. The van der Waals surface area contributed by atoms with Gasteiger partial charge in [-0.2, -0.15) is 0 Å². The number of rotatable bonds is 4. The Hall–Kier alpha value is -1.00. The highest BCUT2D eigenvalue weighted by Gasteiger charge is 2.33. The van der Waals surface area contributed by atoms with Crippen LogP contribution >= 0.6 is 11.6 Å². The maximum Gasteiger partial charge on any atom is 0.268 e. The number of hydrogen-bond donors (Lipinski definition) is 2. The molecule has 21 heavy (non-hydrogen) atoms. The van der Waals surface area contributed by atoms with Crippen LogP contribution in [0.25, 0.3) is 0 Å². The summed E-state index contributed by atoms with van der Waals surface area (Å²) in [5, 5.41) is 7.25. The highest BCUT2D eigenvalue weighted by molar-refractivity contribution is 6.31. The van der Waals surface area contributed by atoms with Gasteiger partial charge in [-0.15, -0.1) is 0 Å². The number of hydrogen-bond acceptors (Lipinski definition) is 2. The number of nitrogens with zero attached hydrogens (tertiary/aromatic N) is 1. The fraction of sp³-hybridized carbons (Fsp3) is 0.688. The lowest BCUT2D eigenvalue weighted by Gasteiger charge is -2.39. The third-order valence-corrected chi connectivity index (χ3v) is 4.99. The minimum atomic E-state index is -0.0167. The molecule has 1 aromatic heterocycles. The van der Waals surface area contributed by atoms with Gasteiger partial charge in [0.25, 0.3) is 5.91 Å². The molecule has 5 heteroatoms. The molecule has 4 nitrogen and oxygen atoms in total. The van der Waals surface area contributed by atoms with Crippen LogP contribution in [0, 0.1) is 5.41 Å². The number of piperidine rings is 1. The Morgan fingerprint density at radius 1 is 1.52 bits per heavy atom. The van der Waals surface area contributed by atoms with Crippen molar-refractivity contribution >= 4 is 17.5 Å². The number of amides is 1. The van der Waals surface area contributed by atoms with E-state index >= 15 is 0 Å². The van der Waals surface area contributed by atoms with Crippen LogP contribution in [0.15, 0.2) is 12.3 Å². The van der Waals surface area contributed by atoms with Crippen molar-refractivity contribution in [2.75, 3.05) is 13.1 Å². The second-order valence-corrected chi connectivity index (χ2v) is 7.43. The van der Waals surface area contributed by atoms with Gasteiger partial charge in [-0.3, -0.25) is 4.79 Å². The monoisotopic (exact) mass is 309 g/mol. The zero-order valence-electron chi connectivity index (χ0n) is 12.8. The van der Waals surface area contributed by atoms with Crippen LogP contribution in [-0.2, 0) is 0 Å². The van der Waals surface area contributed by atoms with Crippen molar-refractivity contribution in [1.29, 1.82) is 0 Å². The van der Waals surface area contributed by atoms with Gasteiger partial charge in [0, 0.05) is 24.8 Å². The van der Waals surface area contributed by atoms with Gasteiger partial charge < -0.3 is 15.2 Å². The second kappa shape index (κ2) is 5.65. The molecule has 116 valence electrons. The van der Waals surface area contributed by atoms with Crippen molar-refractivity contribution in [3.8, 4) is 0 Å². The van der Waals surface area contributed by atoms with Crippen LogP contribution in [0.3, 0.4) is 0 Å². The second-order valence-electron chi connectivity index (χ2n) is 6.99. The summed E-state index contributed by atoms with van der Waals surface area (Å²) in [6, 6.07) is 2.56. The van der Waals surface area contributed by atoms with Crippen LogP contribution in [0.2, 0.25) is 5.02 Å². The summed E-state index contributed by atoms with van der Waals surface area (Å²) in [6.07, 6.45) is 6.56. The molecule has 1 aliphatic carbocycles. The van der Waals surface area contributed by atoms with E-state index in [1.807, 2.05) is 10.8 Å². The van der Waals surface area contributed by atoms with E-state index in [0.29, 0.717) is 29.3 Å². The lowest BCUT2D eigenvalue weighted by Crippen LogP contribution is -2.52. The smallest absolute Gasteiger partial charge is 0.268 e. The van der Waals surface area contributed by atoms with Crippen LogP contribution < -0.4 is 10.6 Å². The first-order valence-electron chi connectivity index (χ1n) is 7.86. The minimum Gasteiger partial charge on any atom is -0.349 e. The fourth-order valence-corrected chi connectivity index (χ4v) is 3.40. The van der Waals surface area contributed by atoms with Gasteiger partial charge in [-0.05, 0) is 43.7 Å². The van der Waals surface area contributed by atoms with Crippen LogP contribution in [0.1, 0.15) is 56.1 Å². The molecule has 2 heterocycles. The maximum absolute atomic E-state index is 12.4. The molecule has 1 saturated carbocycles. The predicted octanol–water partition coefficient (Wildman–Crippen LogP) is 2.98. The molecule has 1 atom stereocenters. The minimum absolute atomic E-state index is 0.0167. The van der Waals surface area contributed by atoms with E-state index in [0.717, 1.165) is 19.4 Å². The Balaban J connectivity index is 1.64. The summed E-state index contributed by atoms with van der Waals surface area (Å²) in [5.74, 6) is -0.0167. The Labute approximate surface area is 131 Å². The third kappa shape index (κ3) is 3.27. The fourth-order valence-electron chi connectivity index (χ4n) is 3.19. The first kappa shape index (κ1) is 14.9.